The van der Waals surface area contributed by atoms with Gasteiger partial charge in [-0.1, -0.05) is 6.07 Å². The van der Waals surface area contributed by atoms with Crippen molar-refractivity contribution in [3.8, 4) is 11.5 Å². The van der Waals surface area contributed by atoms with E-state index in [1.54, 1.807) is 18.2 Å². The van der Waals surface area contributed by atoms with E-state index in [0.717, 1.165) is 29.7 Å². The molecule has 0 saturated heterocycles. The van der Waals surface area contributed by atoms with E-state index in [0.29, 0.717) is 16.5 Å². The molecule has 0 bridgehead atoms. The first-order valence-corrected chi connectivity index (χ1v) is 8.28. The lowest BCUT2D eigenvalue weighted by atomic mass is 10.1. The Balaban J connectivity index is 1.99. The smallest absolute Gasteiger partial charge is 0.339 e. The minimum Gasteiger partial charge on any atom is -0.496 e. The molecule has 0 saturated carbocycles. The van der Waals surface area contributed by atoms with Gasteiger partial charge >= 0.3 is 5.97 Å². The highest BCUT2D eigenvalue weighted by Gasteiger charge is 2.28. The van der Waals surface area contributed by atoms with E-state index < -0.39 is 11.9 Å². The molecule has 0 fully saturated rings. The molecule has 0 radical (unpaired) electrons. The Morgan fingerprint density at radius 2 is 1.79 bits per heavy atom. The van der Waals surface area contributed by atoms with Crippen LogP contribution in [-0.4, -0.2) is 31.2 Å². The fourth-order valence-electron chi connectivity index (χ4n) is 2.96. The summed E-state index contributed by atoms with van der Waals surface area (Å²) in [5.74, 6) is -0.732. The number of anilines is 1. The summed E-state index contributed by atoms with van der Waals surface area (Å²) >= 11 is 1.33. The number of nitrogens with one attached hydrogen (secondary N) is 1. The lowest BCUT2D eigenvalue weighted by molar-refractivity contribution is 0.0697. The molecule has 2 aromatic rings. The number of ether oxygens (including phenoxy) is 2. The number of thiophene rings is 1. The zero-order valence-electron chi connectivity index (χ0n) is 13.3. The zero-order valence-corrected chi connectivity index (χ0v) is 14.2. The van der Waals surface area contributed by atoms with Crippen LogP contribution < -0.4 is 14.8 Å². The number of carbonyl (C=O) groups excluding carboxylic acids is 1. The molecular formula is C17H17NO5S. The predicted octanol–water partition coefficient (Wildman–Crippen LogP) is 3.20. The second-order valence-electron chi connectivity index (χ2n) is 5.36. The number of carboxylic acids is 1. The Morgan fingerprint density at radius 1 is 1.12 bits per heavy atom. The summed E-state index contributed by atoms with van der Waals surface area (Å²) in [5, 5.41) is 12.6. The van der Waals surface area contributed by atoms with Gasteiger partial charge in [-0.05, 0) is 37.0 Å². The molecule has 1 aromatic heterocycles. The molecule has 1 heterocycles. The molecule has 1 amide bonds. The van der Waals surface area contributed by atoms with E-state index in [2.05, 4.69) is 5.32 Å². The van der Waals surface area contributed by atoms with Crippen molar-refractivity contribution in [1.82, 2.24) is 0 Å². The molecule has 2 N–H and O–H groups in total. The highest BCUT2D eigenvalue weighted by atomic mass is 32.1. The number of fused-ring (bicyclic) bond motifs is 1. The van der Waals surface area contributed by atoms with E-state index in [1.165, 1.54) is 25.6 Å². The highest BCUT2D eigenvalue weighted by molar-refractivity contribution is 7.17. The van der Waals surface area contributed by atoms with Crippen LogP contribution in [0.5, 0.6) is 11.5 Å². The fraction of sp³-hybridized carbons (Fsp3) is 0.294. The zero-order chi connectivity index (χ0) is 17.3. The number of rotatable bonds is 5. The Labute approximate surface area is 143 Å². The van der Waals surface area contributed by atoms with Crippen molar-refractivity contribution in [2.75, 3.05) is 19.5 Å². The van der Waals surface area contributed by atoms with Gasteiger partial charge in [0.15, 0.2) is 0 Å². The van der Waals surface area contributed by atoms with Crippen LogP contribution in [0, 0.1) is 0 Å². The number of aromatic carboxylic acids is 1. The monoisotopic (exact) mass is 347 g/mol. The maximum Gasteiger partial charge on any atom is 0.339 e. The Kier molecular flexibility index (Phi) is 4.44. The summed E-state index contributed by atoms with van der Waals surface area (Å²) < 4.78 is 10.5. The summed E-state index contributed by atoms with van der Waals surface area (Å²) in [5.41, 5.74) is 1.29. The molecule has 0 aliphatic heterocycles. The number of hydrogen-bond acceptors (Lipinski definition) is 5. The SMILES string of the molecule is COc1cccc(OC)c1C(=O)Nc1sc2c(c1C(=O)O)CCC2. The topological polar surface area (TPSA) is 84.9 Å². The lowest BCUT2D eigenvalue weighted by Crippen LogP contribution is -2.16. The minimum atomic E-state index is -1.02. The van der Waals surface area contributed by atoms with Crippen LogP contribution in [0.2, 0.25) is 0 Å². The van der Waals surface area contributed by atoms with E-state index in [4.69, 9.17) is 9.47 Å². The molecule has 1 aliphatic carbocycles. The molecule has 0 unspecified atom stereocenters. The average Bonchev–Trinajstić information content (AvgIpc) is 3.13. The molecule has 7 heteroatoms. The van der Waals surface area contributed by atoms with Crippen LogP contribution in [0.3, 0.4) is 0 Å². The molecular weight excluding hydrogens is 330 g/mol. The van der Waals surface area contributed by atoms with Crippen LogP contribution in [0.15, 0.2) is 18.2 Å². The molecule has 1 aliphatic rings. The number of carbonyl (C=O) groups is 2. The maximum atomic E-state index is 12.7. The number of hydrogen-bond donors (Lipinski definition) is 2. The maximum absolute atomic E-state index is 12.7. The van der Waals surface area contributed by atoms with Gasteiger partial charge in [-0.15, -0.1) is 11.3 Å². The summed E-state index contributed by atoms with van der Waals surface area (Å²) in [4.78, 5) is 25.4. The normalized spacial score (nSPS) is 12.6. The molecule has 1 aromatic carbocycles. The number of carboxylic acid groups (broad SMARTS) is 1. The van der Waals surface area contributed by atoms with Gasteiger partial charge in [0.1, 0.15) is 22.1 Å². The van der Waals surface area contributed by atoms with Crippen molar-refractivity contribution >= 4 is 28.2 Å². The molecule has 24 heavy (non-hydrogen) atoms. The predicted molar refractivity (Wildman–Crippen MR) is 90.8 cm³/mol. The van der Waals surface area contributed by atoms with Gasteiger partial charge < -0.3 is 19.9 Å². The van der Waals surface area contributed by atoms with Crippen molar-refractivity contribution in [2.24, 2.45) is 0 Å². The van der Waals surface area contributed by atoms with Gasteiger partial charge in [0.05, 0.1) is 19.8 Å². The third-order valence-electron chi connectivity index (χ3n) is 4.02. The van der Waals surface area contributed by atoms with Crippen molar-refractivity contribution in [3.05, 3.63) is 39.8 Å². The second-order valence-corrected chi connectivity index (χ2v) is 6.46. The first-order valence-electron chi connectivity index (χ1n) is 7.47. The van der Waals surface area contributed by atoms with Gasteiger partial charge in [0.25, 0.3) is 5.91 Å². The van der Waals surface area contributed by atoms with Gasteiger partial charge in [0.2, 0.25) is 0 Å². The summed E-state index contributed by atoms with van der Waals surface area (Å²) in [6.07, 6.45) is 2.55. The van der Waals surface area contributed by atoms with E-state index >= 15 is 0 Å². The lowest BCUT2D eigenvalue weighted by Gasteiger charge is -2.13. The van der Waals surface area contributed by atoms with E-state index in [9.17, 15) is 14.7 Å². The van der Waals surface area contributed by atoms with Crippen LogP contribution in [0.25, 0.3) is 0 Å². The largest absolute Gasteiger partial charge is 0.496 e. The van der Waals surface area contributed by atoms with Crippen molar-refractivity contribution in [3.63, 3.8) is 0 Å². The highest BCUT2D eigenvalue weighted by Crippen LogP contribution is 2.40. The van der Waals surface area contributed by atoms with Crippen LogP contribution in [0.1, 0.15) is 37.6 Å². The molecule has 126 valence electrons. The average molecular weight is 347 g/mol. The van der Waals surface area contributed by atoms with E-state index in [-0.39, 0.29) is 11.1 Å². The van der Waals surface area contributed by atoms with Crippen LogP contribution >= 0.6 is 11.3 Å². The summed E-state index contributed by atoms with van der Waals surface area (Å²) in [6, 6.07) is 5.03. The molecule has 6 nitrogen and oxygen atoms in total. The summed E-state index contributed by atoms with van der Waals surface area (Å²) in [6.45, 7) is 0. The molecule has 0 atom stereocenters. The quantitative estimate of drug-likeness (QED) is 0.867. The molecule has 0 spiro atoms. The molecule has 3 rings (SSSR count). The van der Waals surface area contributed by atoms with Gasteiger partial charge in [0, 0.05) is 4.88 Å². The third kappa shape index (κ3) is 2.71. The fourth-order valence-corrected chi connectivity index (χ4v) is 4.24. The van der Waals surface area contributed by atoms with Gasteiger partial charge in [-0.3, -0.25) is 4.79 Å². The Hall–Kier alpha value is -2.54. The van der Waals surface area contributed by atoms with Crippen LogP contribution in [-0.2, 0) is 12.8 Å². The van der Waals surface area contributed by atoms with Gasteiger partial charge in [-0.2, -0.15) is 0 Å². The second kappa shape index (κ2) is 6.52. The van der Waals surface area contributed by atoms with Gasteiger partial charge in [-0.25, -0.2) is 4.79 Å². The minimum absolute atomic E-state index is 0.203. The third-order valence-corrected chi connectivity index (χ3v) is 5.22. The first kappa shape index (κ1) is 16.3. The Bertz CT molecular complexity index is 789. The number of amides is 1. The standard InChI is InChI=1S/C17H17NO5S/c1-22-10-6-4-7-11(23-2)14(10)15(19)18-16-13(17(20)21)9-5-3-8-12(9)24-16/h4,6-7H,3,5,8H2,1-2H3,(H,18,19)(H,20,21). The first-order chi connectivity index (χ1) is 11.6. The summed E-state index contributed by atoms with van der Waals surface area (Å²) in [7, 11) is 2.93. The number of methoxy groups -OCH3 is 2. The number of aryl methyl sites for hydroxylation is 1. The van der Waals surface area contributed by atoms with Crippen molar-refractivity contribution < 1.29 is 24.2 Å². The van der Waals surface area contributed by atoms with Crippen molar-refractivity contribution in [1.29, 1.82) is 0 Å². The van der Waals surface area contributed by atoms with Crippen molar-refractivity contribution in [2.45, 2.75) is 19.3 Å². The number of benzene rings is 1. The van der Waals surface area contributed by atoms with E-state index in [1.807, 2.05) is 0 Å². The Morgan fingerprint density at radius 3 is 2.38 bits per heavy atom. The van der Waals surface area contributed by atoms with Crippen LogP contribution in [0.4, 0.5) is 5.00 Å².